The van der Waals surface area contributed by atoms with Gasteiger partial charge in [0.1, 0.15) is 0 Å². The smallest absolute Gasteiger partial charge is 0.0259 e. The van der Waals surface area contributed by atoms with Crippen LogP contribution in [0.5, 0.6) is 0 Å². The molecule has 0 bridgehead atoms. The molecule has 0 spiro atoms. The maximum absolute atomic E-state index is 3.58. The summed E-state index contributed by atoms with van der Waals surface area (Å²) in [6.45, 7) is 7.06. The third-order valence-electron chi connectivity index (χ3n) is 5.51. The Labute approximate surface area is 123 Å². The van der Waals surface area contributed by atoms with Gasteiger partial charge in [-0.1, -0.05) is 38.1 Å². The summed E-state index contributed by atoms with van der Waals surface area (Å²) in [4.78, 5) is 2.71. The summed E-state index contributed by atoms with van der Waals surface area (Å²) >= 11 is 0. The molecule has 1 aromatic rings. The number of benzene rings is 1. The van der Waals surface area contributed by atoms with Crippen LogP contribution in [-0.4, -0.2) is 24.0 Å². The topological polar surface area (TPSA) is 15.3 Å². The fourth-order valence-corrected chi connectivity index (χ4v) is 4.12. The third kappa shape index (κ3) is 2.64. The van der Waals surface area contributed by atoms with Crippen LogP contribution in [0.15, 0.2) is 24.3 Å². The fraction of sp³-hybridized carbons (Fsp3) is 0.667. The van der Waals surface area contributed by atoms with Crippen molar-refractivity contribution in [3.05, 3.63) is 35.4 Å². The summed E-state index contributed by atoms with van der Waals surface area (Å²) in [5.74, 6) is 1.72. The van der Waals surface area contributed by atoms with E-state index < -0.39 is 0 Å². The Balaban J connectivity index is 1.74. The van der Waals surface area contributed by atoms with Gasteiger partial charge in [-0.25, -0.2) is 0 Å². The molecule has 110 valence electrons. The molecule has 0 radical (unpaired) electrons. The largest absolute Gasteiger partial charge is 0.315 e. The van der Waals surface area contributed by atoms with Gasteiger partial charge in [0.15, 0.2) is 0 Å². The van der Waals surface area contributed by atoms with Crippen LogP contribution in [-0.2, 0) is 13.1 Å². The normalized spacial score (nSPS) is 30.7. The summed E-state index contributed by atoms with van der Waals surface area (Å²) in [5, 5.41) is 3.58. The highest BCUT2D eigenvalue weighted by molar-refractivity contribution is 5.30. The molecule has 1 fully saturated rings. The average Bonchev–Trinajstić information content (AvgIpc) is 2.90. The maximum Gasteiger partial charge on any atom is 0.0259 e. The van der Waals surface area contributed by atoms with E-state index in [1.54, 1.807) is 0 Å². The van der Waals surface area contributed by atoms with Crippen molar-refractivity contribution in [3.63, 3.8) is 0 Å². The van der Waals surface area contributed by atoms with Gasteiger partial charge in [-0.3, -0.25) is 4.90 Å². The van der Waals surface area contributed by atoms with Gasteiger partial charge >= 0.3 is 0 Å². The average molecular weight is 272 g/mol. The molecule has 1 heterocycles. The van der Waals surface area contributed by atoms with Gasteiger partial charge in [-0.05, 0) is 49.3 Å². The number of nitrogens with one attached hydrogen (secondary N) is 1. The van der Waals surface area contributed by atoms with Crippen molar-refractivity contribution in [2.75, 3.05) is 7.05 Å². The maximum atomic E-state index is 3.58. The molecule has 2 nitrogen and oxygen atoms in total. The number of rotatable bonds is 3. The van der Waals surface area contributed by atoms with Crippen LogP contribution < -0.4 is 5.32 Å². The second-order valence-corrected chi connectivity index (χ2v) is 6.95. The van der Waals surface area contributed by atoms with Crippen LogP contribution >= 0.6 is 0 Å². The predicted octanol–water partition coefficient (Wildman–Crippen LogP) is 3.41. The lowest BCUT2D eigenvalue weighted by molar-refractivity contribution is 0.0838. The summed E-state index contributed by atoms with van der Waals surface area (Å²) in [5.41, 5.74) is 3.07. The summed E-state index contributed by atoms with van der Waals surface area (Å²) < 4.78 is 0. The van der Waals surface area contributed by atoms with Gasteiger partial charge in [0.25, 0.3) is 0 Å². The van der Waals surface area contributed by atoms with Crippen molar-refractivity contribution in [1.29, 1.82) is 0 Å². The molecular weight excluding hydrogens is 244 g/mol. The van der Waals surface area contributed by atoms with Crippen LogP contribution in [0, 0.1) is 11.8 Å². The first-order valence-electron chi connectivity index (χ1n) is 8.17. The monoisotopic (exact) mass is 272 g/mol. The third-order valence-corrected chi connectivity index (χ3v) is 5.51. The Morgan fingerprint density at radius 3 is 2.30 bits per heavy atom. The van der Waals surface area contributed by atoms with E-state index in [-0.39, 0.29) is 0 Å². The number of fused-ring (bicyclic) bond motifs is 1. The van der Waals surface area contributed by atoms with Crippen molar-refractivity contribution in [2.45, 2.75) is 58.3 Å². The molecular formula is C18H28N2. The van der Waals surface area contributed by atoms with Crippen molar-refractivity contribution >= 4 is 0 Å². The van der Waals surface area contributed by atoms with Crippen molar-refractivity contribution < 1.29 is 0 Å². The van der Waals surface area contributed by atoms with Crippen LogP contribution in [0.25, 0.3) is 0 Å². The van der Waals surface area contributed by atoms with Crippen LogP contribution in [0.3, 0.4) is 0 Å². The molecule has 2 heteroatoms. The van der Waals surface area contributed by atoms with E-state index in [4.69, 9.17) is 0 Å². The second kappa shape index (κ2) is 5.87. The van der Waals surface area contributed by atoms with E-state index >= 15 is 0 Å². The van der Waals surface area contributed by atoms with E-state index in [0.29, 0.717) is 12.1 Å². The van der Waals surface area contributed by atoms with Gasteiger partial charge in [0.05, 0.1) is 0 Å². The molecule has 0 amide bonds. The Bertz CT molecular complexity index is 429. The first kappa shape index (κ1) is 14.1. The zero-order valence-corrected chi connectivity index (χ0v) is 13.1. The molecule has 1 aliphatic carbocycles. The first-order chi connectivity index (χ1) is 9.69. The van der Waals surface area contributed by atoms with Gasteiger partial charge in [-0.2, -0.15) is 0 Å². The van der Waals surface area contributed by atoms with E-state index in [2.05, 4.69) is 55.4 Å². The lowest BCUT2D eigenvalue weighted by atomic mass is 9.76. The lowest BCUT2D eigenvalue weighted by Crippen LogP contribution is -2.51. The van der Waals surface area contributed by atoms with Gasteiger partial charge in [-0.15, -0.1) is 0 Å². The fourth-order valence-electron chi connectivity index (χ4n) is 4.12. The zero-order valence-electron chi connectivity index (χ0n) is 13.1. The molecule has 2 aliphatic rings. The highest BCUT2D eigenvalue weighted by Gasteiger charge is 2.36. The number of nitrogens with zero attached hydrogens (tertiary/aromatic N) is 1. The van der Waals surface area contributed by atoms with Gasteiger partial charge < -0.3 is 5.32 Å². The SMILES string of the molecule is CNC1CCC(C(C)C)CC1N1Cc2ccccc2C1. The molecule has 1 N–H and O–H groups in total. The first-order valence-corrected chi connectivity index (χ1v) is 8.17. The molecule has 1 aromatic carbocycles. The number of likely N-dealkylation sites (N-methyl/N-ethyl adjacent to an activating group) is 1. The highest BCUT2D eigenvalue weighted by Crippen LogP contribution is 2.36. The van der Waals surface area contributed by atoms with Crippen LogP contribution in [0.4, 0.5) is 0 Å². The Morgan fingerprint density at radius 2 is 1.75 bits per heavy atom. The van der Waals surface area contributed by atoms with Crippen LogP contribution in [0.2, 0.25) is 0 Å². The van der Waals surface area contributed by atoms with E-state index in [9.17, 15) is 0 Å². The Kier molecular flexibility index (Phi) is 4.13. The van der Waals surface area contributed by atoms with Crippen molar-refractivity contribution in [1.82, 2.24) is 10.2 Å². The van der Waals surface area contributed by atoms with Gasteiger partial charge in [0, 0.05) is 25.2 Å². The summed E-state index contributed by atoms with van der Waals surface area (Å²) in [6.07, 6.45) is 4.08. The Morgan fingerprint density at radius 1 is 1.10 bits per heavy atom. The second-order valence-electron chi connectivity index (χ2n) is 6.95. The van der Waals surface area contributed by atoms with E-state index in [1.165, 1.54) is 30.4 Å². The molecule has 0 aromatic heterocycles. The summed E-state index contributed by atoms with van der Waals surface area (Å²) in [7, 11) is 2.14. The number of hydrogen-bond donors (Lipinski definition) is 1. The lowest BCUT2D eigenvalue weighted by Gasteiger charge is -2.42. The molecule has 1 saturated carbocycles. The molecule has 3 atom stereocenters. The van der Waals surface area contributed by atoms with Crippen molar-refractivity contribution in [3.8, 4) is 0 Å². The van der Waals surface area contributed by atoms with Gasteiger partial charge in [0.2, 0.25) is 0 Å². The van der Waals surface area contributed by atoms with E-state index in [0.717, 1.165) is 24.9 Å². The van der Waals surface area contributed by atoms with E-state index in [1.807, 2.05) is 0 Å². The van der Waals surface area contributed by atoms with Crippen molar-refractivity contribution in [2.24, 2.45) is 11.8 Å². The predicted molar refractivity (Wildman–Crippen MR) is 84.5 cm³/mol. The highest BCUT2D eigenvalue weighted by atomic mass is 15.2. The molecule has 1 aliphatic heterocycles. The minimum Gasteiger partial charge on any atom is -0.315 e. The quantitative estimate of drug-likeness (QED) is 0.907. The Hall–Kier alpha value is -0.860. The zero-order chi connectivity index (χ0) is 14.1. The molecule has 20 heavy (non-hydrogen) atoms. The minimum atomic E-state index is 0.666. The standard InChI is InChI=1S/C18H28N2/c1-13(2)14-8-9-17(19-3)18(10-14)20-11-15-6-4-5-7-16(15)12-20/h4-7,13-14,17-19H,8-12H2,1-3H3. The number of hydrogen-bond acceptors (Lipinski definition) is 2. The summed E-state index contributed by atoms with van der Waals surface area (Å²) in [6, 6.07) is 10.3. The molecule has 0 saturated heterocycles. The van der Waals surface area contributed by atoms with Crippen LogP contribution in [0.1, 0.15) is 44.2 Å². The minimum absolute atomic E-state index is 0.666. The molecule has 3 rings (SSSR count). The molecule has 3 unspecified atom stereocenters.